The van der Waals surface area contributed by atoms with E-state index in [1.165, 1.54) is 24.3 Å². The maximum absolute atomic E-state index is 12.0. The van der Waals surface area contributed by atoms with Crippen molar-refractivity contribution in [1.29, 1.82) is 0 Å². The highest BCUT2D eigenvalue weighted by Crippen LogP contribution is 2.28. The summed E-state index contributed by atoms with van der Waals surface area (Å²) in [6, 6.07) is 7.54. The number of hydrogen-bond acceptors (Lipinski definition) is 4. The smallest absolute Gasteiger partial charge is 0.293 e. The molecule has 6 nitrogen and oxygen atoms in total. The van der Waals surface area contributed by atoms with Crippen molar-refractivity contribution in [3.05, 3.63) is 61.6 Å². The molecule has 1 N–H and O–H groups in total. The lowest BCUT2D eigenvalue weighted by Gasteiger charge is -2.10. The van der Waals surface area contributed by atoms with Crippen molar-refractivity contribution in [3.63, 3.8) is 0 Å². The molecule has 8 heteroatoms. The van der Waals surface area contributed by atoms with Gasteiger partial charge in [0.05, 0.1) is 4.92 Å². The number of amides is 1. The largest absolute Gasteiger partial charge is 0.484 e. The number of aryl methyl sites for hydroxylation is 2. The summed E-state index contributed by atoms with van der Waals surface area (Å²) in [5.41, 5.74) is 1.56. The Balaban J connectivity index is 2.09. The van der Waals surface area contributed by atoms with Crippen LogP contribution in [-0.2, 0) is 4.79 Å². The Morgan fingerprint density at radius 3 is 2.29 bits per heavy atom. The van der Waals surface area contributed by atoms with Crippen molar-refractivity contribution in [1.82, 2.24) is 0 Å². The fourth-order valence-corrected chi connectivity index (χ4v) is 2.51. The molecule has 2 rings (SSSR count). The molecule has 0 aliphatic heterocycles. The summed E-state index contributed by atoms with van der Waals surface area (Å²) in [7, 11) is 0. The van der Waals surface area contributed by atoms with Crippen LogP contribution in [0.4, 0.5) is 11.4 Å². The zero-order valence-electron chi connectivity index (χ0n) is 12.9. The van der Waals surface area contributed by atoms with Crippen LogP contribution in [0.25, 0.3) is 0 Å². The summed E-state index contributed by atoms with van der Waals surface area (Å²) >= 11 is 11.7. The van der Waals surface area contributed by atoms with E-state index in [0.29, 0.717) is 15.8 Å². The minimum atomic E-state index is -0.542. The summed E-state index contributed by atoms with van der Waals surface area (Å²) in [6.45, 7) is 3.24. The van der Waals surface area contributed by atoms with Gasteiger partial charge in [-0.25, -0.2) is 0 Å². The van der Waals surface area contributed by atoms with E-state index in [-0.39, 0.29) is 18.0 Å². The highest BCUT2D eigenvalue weighted by atomic mass is 35.5. The first-order valence-electron chi connectivity index (χ1n) is 6.90. The second kappa shape index (κ2) is 7.51. The Morgan fingerprint density at radius 1 is 1.12 bits per heavy atom. The molecule has 0 atom stereocenters. The molecular weight excluding hydrogens is 355 g/mol. The summed E-state index contributed by atoms with van der Waals surface area (Å²) < 4.78 is 5.31. The highest BCUT2D eigenvalue weighted by molar-refractivity contribution is 6.34. The SMILES string of the molecule is Cc1cc(NC(=O)COc2cc(Cl)cc(Cl)c2)c([N+](=O)[O-])cc1C. The van der Waals surface area contributed by atoms with Crippen molar-refractivity contribution in [2.24, 2.45) is 0 Å². The van der Waals surface area contributed by atoms with E-state index < -0.39 is 10.8 Å². The van der Waals surface area contributed by atoms with Crippen LogP contribution in [0.15, 0.2) is 30.3 Å². The van der Waals surface area contributed by atoms with Crippen LogP contribution in [0.5, 0.6) is 5.75 Å². The quantitative estimate of drug-likeness (QED) is 0.620. The minimum Gasteiger partial charge on any atom is -0.484 e. The molecular formula is C16H14Cl2N2O4. The van der Waals surface area contributed by atoms with E-state index in [9.17, 15) is 14.9 Å². The standard InChI is InChI=1S/C16H14Cl2N2O4/c1-9-3-14(15(20(22)23)4-10(9)2)19-16(21)8-24-13-6-11(17)5-12(18)7-13/h3-7H,8H2,1-2H3,(H,19,21). The van der Waals surface area contributed by atoms with Crippen LogP contribution in [-0.4, -0.2) is 17.4 Å². The average molecular weight is 369 g/mol. The zero-order valence-corrected chi connectivity index (χ0v) is 14.4. The van der Waals surface area contributed by atoms with Gasteiger partial charge in [0.1, 0.15) is 11.4 Å². The van der Waals surface area contributed by atoms with E-state index >= 15 is 0 Å². The number of nitrogens with zero attached hydrogens (tertiary/aromatic N) is 1. The van der Waals surface area contributed by atoms with Gasteiger partial charge in [-0.15, -0.1) is 0 Å². The van der Waals surface area contributed by atoms with Gasteiger partial charge >= 0.3 is 0 Å². The zero-order chi connectivity index (χ0) is 17.9. The maximum Gasteiger partial charge on any atom is 0.293 e. The van der Waals surface area contributed by atoms with Crippen LogP contribution in [0.1, 0.15) is 11.1 Å². The van der Waals surface area contributed by atoms with Crippen molar-refractivity contribution in [2.45, 2.75) is 13.8 Å². The number of carbonyl (C=O) groups is 1. The molecule has 0 aromatic heterocycles. The van der Waals surface area contributed by atoms with Crippen LogP contribution >= 0.6 is 23.2 Å². The maximum atomic E-state index is 12.0. The molecule has 0 fully saturated rings. The van der Waals surface area contributed by atoms with Crippen LogP contribution < -0.4 is 10.1 Å². The molecule has 0 spiro atoms. The Hall–Kier alpha value is -2.31. The first-order valence-corrected chi connectivity index (χ1v) is 7.66. The third-order valence-corrected chi connectivity index (χ3v) is 3.73. The molecule has 2 aromatic carbocycles. The average Bonchev–Trinajstić information content (AvgIpc) is 2.47. The van der Waals surface area contributed by atoms with Gasteiger partial charge in [-0.05, 0) is 49.2 Å². The Kier molecular flexibility index (Phi) is 5.64. The predicted molar refractivity (Wildman–Crippen MR) is 93.2 cm³/mol. The Morgan fingerprint density at radius 2 is 1.71 bits per heavy atom. The van der Waals surface area contributed by atoms with Gasteiger partial charge in [0, 0.05) is 16.1 Å². The summed E-state index contributed by atoms with van der Waals surface area (Å²) in [5, 5.41) is 14.4. The molecule has 0 unspecified atom stereocenters. The van der Waals surface area contributed by atoms with Gasteiger partial charge in [0.15, 0.2) is 6.61 Å². The third-order valence-electron chi connectivity index (χ3n) is 3.29. The molecule has 0 saturated heterocycles. The first kappa shape index (κ1) is 18.0. The second-order valence-corrected chi connectivity index (χ2v) is 6.03. The van der Waals surface area contributed by atoms with E-state index in [1.54, 1.807) is 19.9 Å². The summed E-state index contributed by atoms with van der Waals surface area (Å²) in [5.74, 6) is -0.199. The van der Waals surface area contributed by atoms with Gasteiger partial charge in [0.2, 0.25) is 0 Å². The molecule has 2 aromatic rings. The fraction of sp³-hybridized carbons (Fsp3) is 0.188. The highest BCUT2D eigenvalue weighted by Gasteiger charge is 2.17. The molecule has 0 bridgehead atoms. The molecule has 0 radical (unpaired) electrons. The molecule has 0 saturated carbocycles. The molecule has 24 heavy (non-hydrogen) atoms. The van der Waals surface area contributed by atoms with Crippen molar-refractivity contribution < 1.29 is 14.5 Å². The van der Waals surface area contributed by atoms with Gasteiger partial charge in [-0.2, -0.15) is 0 Å². The lowest BCUT2D eigenvalue weighted by atomic mass is 10.1. The van der Waals surface area contributed by atoms with Crippen molar-refractivity contribution >= 4 is 40.5 Å². The number of hydrogen-bond donors (Lipinski definition) is 1. The normalized spacial score (nSPS) is 10.3. The van der Waals surface area contributed by atoms with Crippen molar-refractivity contribution in [3.8, 4) is 5.75 Å². The van der Waals surface area contributed by atoms with Gasteiger partial charge in [-0.1, -0.05) is 23.2 Å². The Labute approximate surface area is 148 Å². The predicted octanol–water partition coefficient (Wildman–Crippen LogP) is 4.54. The van der Waals surface area contributed by atoms with Crippen molar-refractivity contribution in [2.75, 3.05) is 11.9 Å². The molecule has 0 aliphatic carbocycles. The van der Waals surface area contributed by atoms with E-state index in [1.807, 2.05) is 0 Å². The number of nitro benzene ring substituents is 1. The molecule has 126 valence electrons. The summed E-state index contributed by atoms with van der Waals surface area (Å²) in [4.78, 5) is 22.6. The van der Waals surface area contributed by atoms with Crippen LogP contribution in [0.3, 0.4) is 0 Å². The van der Waals surface area contributed by atoms with Crippen LogP contribution in [0.2, 0.25) is 10.0 Å². The van der Waals surface area contributed by atoms with E-state index in [2.05, 4.69) is 5.32 Å². The number of benzene rings is 2. The fourth-order valence-electron chi connectivity index (χ4n) is 2.00. The number of carbonyl (C=O) groups excluding carboxylic acids is 1. The van der Waals surface area contributed by atoms with E-state index in [4.69, 9.17) is 27.9 Å². The Bertz CT molecular complexity index is 789. The first-order chi connectivity index (χ1) is 11.3. The lowest BCUT2D eigenvalue weighted by molar-refractivity contribution is -0.384. The van der Waals surface area contributed by atoms with Gasteiger partial charge in [-0.3, -0.25) is 14.9 Å². The third kappa shape index (κ3) is 4.59. The number of nitro groups is 1. The minimum absolute atomic E-state index is 0.126. The van der Waals surface area contributed by atoms with Gasteiger partial charge < -0.3 is 10.1 Å². The van der Waals surface area contributed by atoms with Gasteiger partial charge in [0.25, 0.3) is 11.6 Å². The number of rotatable bonds is 5. The number of nitrogens with one attached hydrogen (secondary N) is 1. The topological polar surface area (TPSA) is 81.5 Å². The van der Waals surface area contributed by atoms with E-state index in [0.717, 1.165) is 11.1 Å². The number of halogens is 2. The molecule has 0 aliphatic rings. The monoisotopic (exact) mass is 368 g/mol. The molecule has 0 heterocycles. The second-order valence-electron chi connectivity index (χ2n) is 5.15. The summed E-state index contributed by atoms with van der Waals surface area (Å²) in [6.07, 6.45) is 0. The number of anilines is 1. The molecule has 1 amide bonds. The lowest BCUT2D eigenvalue weighted by Crippen LogP contribution is -2.21. The number of ether oxygens (including phenoxy) is 1. The van der Waals surface area contributed by atoms with Crippen LogP contribution in [0, 0.1) is 24.0 Å².